The Labute approximate surface area is 636 Å². The van der Waals surface area contributed by atoms with Gasteiger partial charge in [-0.15, -0.1) is 0 Å². The molecule has 0 bridgehead atoms. The number of likely N-dealkylation sites (N-methyl/N-ethyl adjacent to an activating group) is 9. The summed E-state index contributed by atoms with van der Waals surface area (Å²) >= 11 is 0. The minimum Gasteiger partial charge on any atom is -0.324 e. The molecule has 17 aliphatic heterocycles. The number of piperidine rings is 12. The lowest BCUT2D eigenvalue weighted by molar-refractivity contribution is -0.00577. The first-order valence-electron chi connectivity index (χ1n) is 44.3. The van der Waals surface area contributed by atoms with E-state index in [4.69, 9.17) is 5.73 Å². The zero-order valence-corrected chi connectivity index (χ0v) is 70.3. The van der Waals surface area contributed by atoms with Gasteiger partial charge in [-0.3, -0.25) is 9.80 Å². The molecule has 0 aromatic rings. The first-order chi connectivity index (χ1) is 49.4. The summed E-state index contributed by atoms with van der Waals surface area (Å²) in [5.41, 5.74) is 10.6. The Bertz CT molecular complexity index is 2270. The van der Waals surface area contributed by atoms with Crippen molar-refractivity contribution in [2.24, 2.45) is 16.6 Å². The maximum Gasteiger partial charge on any atom is 0.0336 e. The van der Waals surface area contributed by atoms with Crippen molar-refractivity contribution in [2.45, 2.75) is 277 Å². The fraction of sp³-hybridized carbons (Fsp3) is 1.00. The minimum atomic E-state index is 0.0764. The van der Waals surface area contributed by atoms with E-state index in [1.54, 1.807) is 0 Å². The Morgan fingerprint density at radius 1 is 0.262 bits per heavy atom. The minimum absolute atomic E-state index is 0.0764. The van der Waals surface area contributed by atoms with Crippen molar-refractivity contribution < 1.29 is 0 Å². The van der Waals surface area contributed by atoms with Crippen LogP contribution in [0.2, 0.25) is 0 Å². The van der Waals surface area contributed by atoms with Crippen molar-refractivity contribution in [3.63, 3.8) is 0 Å². The third-order valence-electron chi connectivity index (χ3n) is 29.4. The van der Waals surface area contributed by atoms with Crippen LogP contribution >= 0.6 is 0 Å². The molecule has 0 saturated carbocycles. The summed E-state index contributed by atoms with van der Waals surface area (Å²) in [6, 6.07) is 0. The van der Waals surface area contributed by atoms with Crippen molar-refractivity contribution in [1.82, 2.24) is 85.8 Å². The van der Waals surface area contributed by atoms with Crippen LogP contribution < -0.4 is 37.6 Å². The highest BCUT2D eigenvalue weighted by molar-refractivity contribution is 5.03. The number of hydrogen-bond donors (Lipinski definition) is 7. The fourth-order valence-electron chi connectivity index (χ4n) is 23.0. The van der Waals surface area contributed by atoms with Gasteiger partial charge in [0.25, 0.3) is 0 Å². The Morgan fingerprint density at radius 3 is 0.961 bits per heavy atom. The molecule has 8 N–H and O–H groups in total. The third-order valence-corrected chi connectivity index (χ3v) is 29.4. The van der Waals surface area contributed by atoms with E-state index in [0.29, 0.717) is 44.1 Å². The Kier molecular flexibility index (Phi) is 34.9. The maximum absolute atomic E-state index is 5.93. The van der Waals surface area contributed by atoms with Crippen LogP contribution in [0, 0.1) is 10.8 Å². The summed E-state index contributed by atoms with van der Waals surface area (Å²) in [5, 5.41) is 21.7. The second-order valence-corrected chi connectivity index (χ2v) is 39.0. The predicted molar refractivity (Wildman–Crippen MR) is 441 cm³/mol. The zero-order valence-electron chi connectivity index (χ0n) is 70.3. The standard InChI is InChI=1S/C12H24N2.C11H22N2.2C10H20N2.3C9H18N2.C8H16N2.C7H16N2/c1-3-14-10-5-4-7-12(14)8-6-9-13(2)11-12;1-12-8-5-7-11(10-12)6-3-4-9-13(11)2;1-12-7-4-10(5-8-12)3-2-6-11-9-10;1-12-8-4-6-10(9-12)5-2-3-7-11-10;1-11-6-3-9(4-7-11)2-5-10-8-9;1-11-7-3-5-9(8-11)4-2-6-10-9;1-11-7-5-9(8-11)4-2-3-6-10-9;1-10-6-4-8(7-10)3-2-5-9-8;1-7(8)4-3-5-9(2)6-7/h3-11H2,1-2H3;3-10H2,1-2H3;2*11H,2-9H2,1H3;3*10H,2-8H2,1H3;9H,2-7H2,1H3;3-6,8H2,1-2H3. The number of nitrogens with one attached hydrogen (secondary N) is 6. The molecule has 17 rings (SSSR count). The summed E-state index contributed by atoms with van der Waals surface area (Å²) in [6.45, 7) is 41.3. The second-order valence-electron chi connectivity index (χ2n) is 39.0. The summed E-state index contributed by atoms with van der Waals surface area (Å²) in [7, 11) is 22.4. The van der Waals surface area contributed by atoms with E-state index < -0.39 is 0 Å². The van der Waals surface area contributed by atoms with Gasteiger partial charge in [-0.25, -0.2) is 0 Å². The summed E-state index contributed by atoms with van der Waals surface area (Å²) < 4.78 is 0. The highest BCUT2D eigenvalue weighted by atomic mass is 15.3. The molecule has 17 heterocycles. The molecule has 0 amide bonds. The highest BCUT2D eigenvalue weighted by Gasteiger charge is 2.44. The van der Waals surface area contributed by atoms with Crippen LogP contribution in [0.4, 0.5) is 0 Å². The van der Waals surface area contributed by atoms with Crippen LogP contribution in [0.3, 0.4) is 0 Å². The molecule has 18 nitrogen and oxygen atoms in total. The third kappa shape index (κ3) is 27.0. The lowest BCUT2D eigenvalue weighted by Gasteiger charge is -2.51. The first kappa shape index (κ1) is 86.3. The monoisotopic (exact) mass is 1450 g/mol. The van der Waals surface area contributed by atoms with E-state index in [2.05, 4.69) is 170 Å². The Balaban J connectivity index is 0.000000135. The summed E-state index contributed by atoms with van der Waals surface area (Å²) in [6.07, 6.45) is 48.9. The number of nitrogens with zero attached hydrogens (tertiary/aromatic N) is 11. The molecule has 17 saturated heterocycles. The van der Waals surface area contributed by atoms with E-state index >= 15 is 0 Å². The first-order valence-corrected chi connectivity index (χ1v) is 44.3. The van der Waals surface area contributed by atoms with Crippen molar-refractivity contribution in [3.05, 3.63) is 0 Å². The smallest absolute Gasteiger partial charge is 0.0336 e. The van der Waals surface area contributed by atoms with Gasteiger partial charge in [0, 0.05) is 97.7 Å². The molecule has 602 valence electrons. The topological polar surface area (TPSA) is 134 Å². The van der Waals surface area contributed by atoms with E-state index in [-0.39, 0.29) is 5.54 Å². The van der Waals surface area contributed by atoms with Crippen LogP contribution in [0.25, 0.3) is 0 Å². The summed E-state index contributed by atoms with van der Waals surface area (Å²) in [5.74, 6) is 0. The highest BCUT2D eigenvalue weighted by Crippen LogP contribution is 2.40. The molecule has 103 heavy (non-hydrogen) atoms. The quantitative estimate of drug-likeness (QED) is 0.135. The zero-order chi connectivity index (χ0) is 73.3. The van der Waals surface area contributed by atoms with Gasteiger partial charge in [0.2, 0.25) is 0 Å². The number of nitrogens with two attached hydrogens (primary N) is 1. The SMILES string of the molecule is CCN1CCCCC12CCCN(C)C2.CN1CCC2(CCCCN2)C1.CN1CCC2(CCCN2)C1.CN1CCC2(CCCNC2)CC1.CN1CCC2(CCNC2)CC1.CN1CCCC(C)(N)C1.CN1CCCC2(CCCCN2)C1.CN1CCCC2(CCCCN2C)C1.CN1CCCC2(CCCN2)C1. The van der Waals surface area contributed by atoms with E-state index in [1.165, 1.54) is 408 Å². The molecule has 17 aliphatic rings. The summed E-state index contributed by atoms with van der Waals surface area (Å²) in [4.78, 5) is 27.4. The average molecular weight is 1450 g/mol. The fourth-order valence-corrected chi connectivity index (χ4v) is 23.0. The van der Waals surface area contributed by atoms with Crippen molar-refractivity contribution >= 4 is 0 Å². The van der Waals surface area contributed by atoms with Crippen LogP contribution in [0.5, 0.6) is 0 Å². The van der Waals surface area contributed by atoms with Gasteiger partial charge in [0.05, 0.1) is 0 Å². The molecule has 7 atom stereocenters. The van der Waals surface area contributed by atoms with E-state index in [9.17, 15) is 0 Å². The molecule has 0 aromatic carbocycles. The molecule has 0 radical (unpaired) electrons. The van der Waals surface area contributed by atoms with Crippen molar-refractivity contribution in [1.29, 1.82) is 0 Å². The predicted octanol–water partition coefficient (Wildman–Crippen LogP) is 9.06. The Morgan fingerprint density at radius 2 is 0.602 bits per heavy atom. The number of likely N-dealkylation sites (tertiary alicyclic amines) is 11. The lowest BCUT2D eigenvalue weighted by Crippen LogP contribution is -2.59. The largest absolute Gasteiger partial charge is 0.324 e. The van der Waals surface area contributed by atoms with Gasteiger partial charge in [0.15, 0.2) is 0 Å². The van der Waals surface area contributed by atoms with Gasteiger partial charge >= 0.3 is 0 Å². The Hall–Kier alpha value is -0.720. The van der Waals surface area contributed by atoms with Crippen molar-refractivity contribution in [2.75, 3.05) is 260 Å². The van der Waals surface area contributed by atoms with E-state index in [1.807, 2.05) is 0 Å². The number of rotatable bonds is 1. The molecule has 18 heteroatoms. The average Bonchev–Trinajstić information content (AvgIpc) is 1.80. The van der Waals surface area contributed by atoms with Crippen LogP contribution in [0.15, 0.2) is 0 Å². The molecule has 0 aromatic heterocycles. The van der Waals surface area contributed by atoms with Crippen molar-refractivity contribution in [3.8, 4) is 0 Å². The van der Waals surface area contributed by atoms with Crippen LogP contribution in [-0.4, -0.2) is 353 Å². The van der Waals surface area contributed by atoms with E-state index in [0.717, 1.165) is 6.54 Å². The molecular formula is C85H172N18. The molecule has 8 spiro atoms. The maximum atomic E-state index is 5.93. The number of hydrogen-bond acceptors (Lipinski definition) is 18. The molecule has 7 unspecified atom stereocenters. The van der Waals surface area contributed by atoms with Gasteiger partial charge in [0.1, 0.15) is 0 Å². The van der Waals surface area contributed by atoms with Gasteiger partial charge < -0.3 is 81.7 Å². The van der Waals surface area contributed by atoms with Gasteiger partial charge in [-0.1, -0.05) is 32.6 Å². The second kappa shape index (κ2) is 41.7. The molecule has 17 fully saturated rings. The van der Waals surface area contributed by atoms with Gasteiger partial charge in [-0.05, 0) is 418 Å². The molecule has 0 aliphatic carbocycles. The van der Waals surface area contributed by atoms with Crippen LogP contribution in [-0.2, 0) is 0 Å². The lowest BCUT2D eigenvalue weighted by atomic mass is 9.73. The molecular weight excluding hydrogens is 1270 g/mol. The van der Waals surface area contributed by atoms with Gasteiger partial charge in [-0.2, -0.15) is 0 Å². The van der Waals surface area contributed by atoms with Crippen LogP contribution in [0.1, 0.15) is 239 Å². The normalized spacial score (nSPS) is 37.3.